The lowest BCUT2D eigenvalue weighted by Crippen LogP contribution is -2.34. The predicted octanol–water partition coefficient (Wildman–Crippen LogP) is 3.96. The number of carbonyl (C=O) groups is 1. The molecule has 0 radical (unpaired) electrons. The van der Waals surface area contributed by atoms with Gasteiger partial charge in [0.25, 0.3) is 0 Å². The molecule has 5 nitrogen and oxygen atoms in total. The summed E-state index contributed by atoms with van der Waals surface area (Å²) in [4.78, 5) is 14.5. The fourth-order valence-electron chi connectivity index (χ4n) is 3.52. The predicted molar refractivity (Wildman–Crippen MR) is 110 cm³/mol. The third-order valence-electron chi connectivity index (χ3n) is 5.31. The quantitative estimate of drug-likeness (QED) is 0.633. The van der Waals surface area contributed by atoms with Gasteiger partial charge in [-0.2, -0.15) is 13.2 Å². The smallest absolute Gasteiger partial charge is 0.396 e. The van der Waals surface area contributed by atoms with Crippen molar-refractivity contribution in [2.45, 2.75) is 25.6 Å². The second kappa shape index (κ2) is 9.95. The lowest BCUT2D eigenvalue weighted by atomic mass is 9.97. The lowest BCUT2D eigenvalue weighted by molar-refractivity contribution is -0.137. The average Bonchev–Trinajstić information content (AvgIpc) is 2.73. The van der Waals surface area contributed by atoms with Crippen LogP contribution in [0.3, 0.4) is 0 Å². The van der Waals surface area contributed by atoms with E-state index in [-0.39, 0.29) is 19.1 Å². The number of piperidine rings is 1. The van der Waals surface area contributed by atoms with Gasteiger partial charge in [0.1, 0.15) is 0 Å². The van der Waals surface area contributed by atoms with Crippen LogP contribution in [-0.4, -0.2) is 42.2 Å². The van der Waals surface area contributed by atoms with E-state index in [0.29, 0.717) is 11.6 Å². The number of para-hydroxylation sites is 1. The summed E-state index contributed by atoms with van der Waals surface area (Å²) in [5.74, 6) is 0.0387. The molecule has 0 aromatic heterocycles. The number of hydrogen-bond donors (Lipinski definition) is 3. The van der Waals surface area contributed by atoms with E-state index in [4.69, 9.17) is 0 Å². The van der Waals surface area contributed by atoms with Crippen LogP contribution in [0.1, 0.15) is 24.0 Å². The molecular weight excluding hydrogens is 395 g/mol. The minimum atomic E-state index is -4.40. The molecule has 1 aliphatic rings. The van der Waals surface area contributed by atoms with Crippen LogP contribution >= 0.6 is 0 Å². The van der Waals surface area contributed by atoms with Crippen LogP contribution in [-0.2, 0) is 17.5 Å². The van der Waals surface area contributed by atoms with E-state index in [1.807, 2.05) is 24.3 Å². The number of benzene rings is 2. The van der Waals surface area contributed by atoms with Crippen LogP contribution in [0, 0.1) is 5.92 Å². The first kappa shape index (κ1) is 22.1. The number of nitrogens with one attached hydrogen (secondary N) is 2. The molecule has 3 rings (SSSR count). The van der Waals surface area contributed by atoms with E-state index in [0.717, 1.165) is 55.9 Å². The van der Waals surface area contributed by atoms with E-state index in [1.54, 1.807) is 0 Å². The van der Waals surface area contributed by atoms with Crippen molar-refractivity contribution in [1.29, 1.82) is 0 Å². The summed E-state index contributed by atoms with van der Waals surface area (Å²) >= 11 is 0. The zero-order valence-electron chi connectivity index (χ0n) is 16.6. The van der Waals surface area contributed by atoms with Gasteiger partial charge in [0.05, 0.1) is 12.1 Å². The van der Waals surface area contributed by atoms with Crippen LogP contribution in [0.5, 0.6) is 0 Å². The Morgan fingerprint density at radius 1 is 1.07 bits per heavy atom. The van der Waals surface area contributed by atoms with Gasteiger partial charge < -0.3 is 15.7 Å². The third kappa shape index (κ3) is 6.21. The Morgan fingerprint density at radius 3 is 2.37 bits per heavy atom. The Balaban J connectivity index is 1.52. The van der Waals surface area contributed by atoms with Gasteiger partial charge in [0.15, 0.2) is 0 Å². The maximum atomic E-state index is 12.6. The van der Waals surface area contributed by atoms with Gasteiger partial charge in [-0.1, -0.05) is 18.2 Å². The largest absolute Gasteiger partial charge is 0.416 e. The first-order valence-electron chi connectivity index (χ1n) is 9.97. The summed E-state index contributed by atoms with van der Waals surface area (Å²) in [6.07, 6.45) is -2.45. The normalized spacial score (nSPS) is 15.7. The van der Waals surface area contributed by atoms with Crippen molar-refractivity contribution in [2.24, 2.45) is 5.92 Å². The van der Waals surface area contributed by atoms with Crippen molar-refractivity contribution in [2.75, 3.05) is 36.9 Å². The van der Waals surface area contributed by atoms with Crippen LogP contribution in [0.25, 0.3) is 0 Å². The number of hydrogen-bond acceptors (Lipinski definition) is 4. The molecule has 3 N–H and O–H groups in total. The molecular formula is C22H26F3N3O2. The van der Waals surface area contributed by atoms with Crippen molar-refractivity contribution in [3.63, 3.8) is 0 Å². The highest BCUT2D eigenvalue weighted by molar-refractivity contribution is 5.93. The Morgan fingerprint density at radius 2 is 1.73 bits per heavy atom. The molecule has 1 aliphatic heterocycles. The number of anilines is 2. The van der Waals surface area contributed by atoms with E-state index < -0.39 is 11.7 Å². The fraction of sp³-hybridized carbons (Fsp3) is 0.409. The molecule has 1 saturated heterocycles. The Bertz CT molecular complexity index is 832. The van der Waals surface area contributed by atoms with Gasteiger partial charge in [-0.3, -0.25) is 9.69 Å². The number of amides is 1. The number of likely N-dealkylation sites (tertiary alicyclic amines) is 1. The van der Waals surface area contributed by atoms with Crippen molar-refractivity contribution in [1.82, 2.24) is 4.90 Å². The van der Waals surface area contributed by atoms with Crippen molar-refractivity contribution in [3.8, 4) is 0 Å². The second-order valence-corrected chi connectivity index (χ2v) is 7.54. The molecule has 2 aromatic carbocycles. The molecule has 1 fully saturated rings. The van der Waals surface area contributed by atoms with Crippen LogP contribution in [0.2, 0.25) is 0 Å². The molecule has 162 valence electrons. The highest BCUT2D eigenvalue weighted by atomic mass is 19.4. The number of aliphatic hydroxyl groups is 1. The zero-order valence-corrected chi connectivity index (χ0v) is 16.6. The molecule has 30 heavy (non-hydrogen) atoms. The molecule has 2 aromatic rings. The third-order valence-corrected chi connectivity index (χ3v) is 5.31. The van der Waals surface area contributed by atoms with Crippen LogP contribution in [0.15, 0.2) is 48.5 Å². The highest BCUT2D eigenvalue weighted by Gasteiger charge is 2.30. The fourth-order valence-corrected chi connectivity index (χ4v) is 3.52. The maximum Gasteiger partial charge on any atom is 0.416 e. The zero-order chi connectivity index (χ0) is 21.6. The minimum absolute atomic E-state index is 0.00459. The van der Waals surface area contributed by atoms with Crippen LogP contribution in [0.4, 0.5) is 24.5 Å². The van der Waals surface area contributed by atoms with E-state index >= 15 is 0 Å². The van der Waals surface area contributed by atoms with Crippen LogP contribution < -0.4 is 10.6 Å². The van der Waals surface area contributed by atoms with Crippen molar-refractivity contribution in [3.05, 3.63) is 59.7 Å². The Kier molecular flexibility index (Phi) is 7.33. The molecule has 0 aliphatic carbocycles. The van der Waals surface area contributed by atoms with E-state index in [2.05, 4.69) is 15.5 Å². The maximum absolute atomic E-state index is 12.6. The van der Waals surface area contributed by atoms with Gasteiger partial charge in [-0.05, 0) is 67.7 Å². The average molecular weight is 421 g/mol. The first-order chi connectivity index (χ1) is 14.3. The number of carbonyl (C=O) groups excluding carboxylic acids is 1. The number of aliphatic hydroxyl groups excluding tert-OH is 1. The first-order valence-corrected chi connectivity index (χ1v) is 9.97. The number of nitrogens with zero attached hydrogens (tertiary/aromatic N) is 1. The number of alkyl halides is 3. The van der Waals surface area contributed by atoms with Gasteiger partial charge in [0, 0.05) is 24.5 Å². The Hall–Kier alpha value is -2.58. The minimum Gasteiger partial charge on any atom is -0.396 e. The number of rotatable bonds is 7. The molecule has 1 amide bonds. The van der Waals surface area contributed by atoms with Gasteiger partial charge in [-0.25, -0.2) is 0 Å². The molecule has 1 heterocycles. The van der Waals surface area contributed by atoms with Gasteiger partial charge >= 0.3 is 6.18 Å². The van der Waals surface area contributed by atoms with Gasteiger partial charge in [-0.15, -0.1) is 0 Å². The van der Waals surface area contributed by atoms with E-state index in [9.17, 15) is 23.1 Å². The second-order valence-electron chi connectivity index (χ2n) is 7.54. The van der Waals surface area contributed by atoms with Crippen molar-refractivity contribution < 1.29 is 23.1 Å². The summed E-state index contributed by atoms with van der Waals surface area (Å²) in [5, 5.41) is 15.0. The SMILES string of the molecule is O=C(CNc1ccccc1CN1CCC(CO)CC1)Nc1ccc(C(F)(F)F)cc1. The number of halogens is 3. The monoisotopic (exact) mass is 421 g/mol. The molecule has 0 bridgehead atoms. The standard InChI is InChI=1S/C22H26F3N3O2/c23-22(24,25)18-5-7-19(8-6-18)27-21(30)13-26-20-4-2-1-3-17(20)14-28-11-9-16(15-29)10-12-28/h1-8,16,26,29H,9-15H2,(H,27,30). The molecule has 8 heteroatoms. The van der Waals surface area contributed by atoms with Gasteiger partial charge in [0.2, 0.25) is 5.91 Å². The lowest BCUT2D eigenvalue weighted by Gasteiger charge is -2.31. The Labute approximate surface area is 173 Å². The molecule has 0 atom stereocenters. The van der Waals surface area contributed by atoms with E-state index in [1.165, 1.54) is 12.1 Å². The molecule has 0 unspecified atom stereocenters. The summed E-state index contributed by atoms with van der Waals surface area (Å²) < 4.78 is 37.9. The molecule has 0 spiro atoms. The molecule has 0 saturated carbocycles. The summed E-state index contributed by atoms with van der Waals surface area (Å²) in [6, 6.07) is 12.1. The topological polar surface area (TPSA) is 64.6 Å². The highest BCUT2D eigenvalue weighted by Crippen LogP contribution is 2.29. The summed E-state index contributed by atoms with van der Waals surface area (Å²) in [6.45, 7) is 2.84. The summed E-state index contributed by atoms with van der Waals surface area (Å²) in [5.41, 5.74) is 1.48. The van der Waals surface area contributed by atoms with Crippen molar-refractivity contribution >= 4 is 17.3 Å². The summed E-state index contributed by atoms with van der Waals surface area (Å²) in [7, 11) is 0.